The first-order chi connectivity index (χ1) is 7.54. The van der Waals surface area contributed by atoms with E-state index in [1.54, 1.807) is 12.1 Å². The highest BCUT2D eigenvalue weighted by atomic mass is 19.4. The highest BCUT2D eigenvalue weighted by Crippen LogP contribution is 2.40. The van der Waals surface area contributed by atoms with E-state index in [0.29, 0.717) is 5.39 Å². The summed E-state index contributed by atoms with van der Waals surface area (Å²) in [5.74, 6) is 0. The first-order valence-corrected chi connectivity index (χ1v) is 4.46. The molecule has 0 unspecified atom stereocenters. The Labute approximate surface area is 88.7 Å². The van der Waals surface area contributed by atoms with Crippen molar-refractivity contribution in [3.05, 3.63) is 46.9 Å². The van der Waals surface area contributed by atoms with E-state index in [0.717, 1.165) is 6.07 Å². The highest BCUT2D eigenvalue weighted by molar-refractivity contribution is 5.90. The second-order valence-electron chi connectivity index (χ2n) is 3.27. The molecule has 82 valence electrons. The van der Waals surface area contributed by atoms with E-state index in [-0.39, 0.29) is 5.39 Å². The molecule has 0 aromatic heterocycles. The zero-order valence-electron chi connectivity index (χ0n) is 7.95. The van der Waals surface area contributed by atoms with Gasteiger partial charge in [0.15, 0.2) is 0 Å². The molecular weight excluding hydrogens is 219 g/mol. The summed E-state index contributed by atoms with van der Waals surface area (Å²) in [4.78, 5) is 10.4. The van der Waals surface area contributed by atoms with Crippen molar-refractivity contribution in [3.8, 4) is 0 Å². The summed E-state index contributed by atoms with van der Waals surface area (Å²) >= 11 is 0. The maximum atomic E-state index is 12.8. The standard InChI is InChI=1S/C11H6F3NO/c12-11(13,14)10-8-4-2-1-3-7(8)5-6-9(10)15-16/h1-6H. The van der Waals surface area contributed by atoms with Crippen LogP contribution in [-0.4, -0.2) is 0 Å². The molecule has 0 spiro atoms. The van der Waals surface area contributed by atoms with Gasteiger partial charge in [-0.25, -0.2) is 0 Å². The van der Waals surface area contributed by atoms with E-state index in [2.05, 4.69) is 5.18 Å². The normalized spacial score (nSPS) is 11.7. The monoisotopic (exact) mass is 225 g/mol. The van der Waals surface area contributed by atoms with Crippen LogP contribution in [0.15, 0.2) is 41.6 Å². The average Bonchev–Trinajstić information content (AvgIpc) is 2.26. The number of alkyl halides is 3. The molecule has 0 N–H and O–H groups in total. The van der Waals surface area contributed by atoms with Gasteiger partial charge in [0.25, 0.3) is 0 Å². The van der Waals surface area contributed by atoms with Gasteiger partial charge in [0, 0.05) is 0 Å². The van der Waals surface area contributed by atoms with Gasteiger partial charge in [-0.3, -0.25) is 0 Å². The Bertz CT molecular complexity index is 548. The Morgan fingerprint density at radius 3 is 2.31 bits per heavy atom. The van der Waals surface area contributed by atoms with Crippen molar-refractivity contribution in [2.24, 2.45) is 5.18 Å². The molecular formula is C11H6F3NO. The Morgan fingerprint density at radius 1 is 1.00 bits per heavy atom. The number of hydrogen-bond acceptors (Lipinski definition) is 2. The third kappa shape index (κ3) is 1.64. The molecule has 0 amide bonds. The van der Waals surface area contributed by atoms with Gasteiger partial charge >= 0.3 is 6.18 Å². The zero-order chi connectivity index (χ0) is 11.8. The van der Waals surface area contributed by atoms with E-state index in [9.17, 15) is 18.1 Å². The van der Waals surface area contributed by atoms with Crippen LogP contribution in [0.3, 0.4) is 0 Å². The van der Waals surface area contributed by atoms with Crippen LogP contribution in [0.2, 0.25) is 0 Å². The van der Waals surface area contributed by atoms with Gasteiger partial charge in [-0.05, 0) is 22.0 Å². The lowest BCUT2D eigenvalue weighted by Gasteiger charge is -2.11. The molecule has 2 aromatic carbocycles. The van der Waals surface area contributed by atoms with Gasteiger partial charge in [0.2, 0.25) is 0 Å². The Morgan fingerprint density at radius 2 is 1.69 bits per heavy atom. The van der Waals surface area contributed by atoms with Crippen LogP contribution in [0, 0.1) is 4.91 Å². The molecule has 0 aliphatic carbocycles. The molecule has 2 nitrogen and oxygen atoms in total. The average molecular weight is 225 g/mol. The van der Waals surface area contributed by atoms with Crippen LogP contribution in [0.4, 0.5) is 18.9 Å². The predicted molar refractivity (Wildman–Crippen MR) is 54.4 cm³/mol. The number of nitroso groups, excluding NO2 is 1. The summed E-state index contributed by atoms with van der Waals surface area (Å²) in [5, 5.41) is 2.84. The molecule has 0 aliphatic rings. The van der Waals surface area contributed by atoms with Crippen molar-refractivity contribution in [1.29, 1.82) is 0 Å². The number of fused-ring (bicyclic) bond motifs is 1. The zero-order valence-corrected chi connectivity index (χ0v) is 7.95. The SMILES string of the molecule is O=Nc1ccc2ccccc2c1C(F)(F)F. The van der Waals surface area contributed by atoms with Gasteiger partial charge in [0.1, 0.15) is 5.69 Å². The molecule has 0 saturated heterocycles. The molecule has 16 heavy (non-hydrogen) atoms. The third-order valence-electron chi connectivity index (χ3n) is 2.29. The molecule has 5 heteroatoms. The van der Waals surface area contributed by atoms with Gasteiger partial charge in [-0.1, -0.05) is 30.3 Å². The van der Waals surface area contributed by atoms with Crippen molar-refractivity contribution >= 4 is 16.5 Å². The maximum Gasteiger partial charge on any atom is 0.419 e. The topological polar surface area (TPSA) is 29.4 Å². The fraction of sp³-hybridized carbons (Fsp3) is 0.0909. The first-order valence-electron chi connectivity index (χ1n) is 4.46. The first kappa shape index (κ1) is 10.6. The second-order valence-corrected chi connectivity index (χ2v) is 3.27. The minimum absolute atomic E-state index is 0.00731. The van der Waals surface area contributed by atoms with E-state index < -0.39 is 17.4 Å². The molecule has 0 atom stereocenters. The summed E-state index contributed by atoms with van der Waals surface area (Å²) in [5.41, 5.74) is -1.55. The van der Waals surface area contributed by atoms with Crippen LogP contribution >= 0.6 is 0 Å². The summed E-state index contributed by atoms with van der Waals surface area (Å²) in [7, 11) is 0. The fourth-order valence-corrected chi connectivity index (χ4v) is 1.63. The summed E-state index contributed by atoms with van der Waals surface area (Å²) < 4.78 is 38.3. The predicted octanol–water partition coefficient (Wildman–Crippen LogP) is 4.26. The van der Waals surface area contributed by atoms with Crippen molar-refractivity contribution in [3.63, 3.8) is 0 Å². The molecule has 0 heterocycles. The lowest BCUT2D eigenvalue weighted by Crippen LogP contribution is -2.06. The van der Waals surface area contributed by atoms with Crippen molar-refractivity contribution in [1.82, 2.24) is 0 Å². The number of rotatable bonds is 1. The summed E-state index contributed by atoms with van der Waals surface area (Å²) in [6.45, 7) is 0. The second kappa shape index (κ2) is 3.59. The van der Waals surface area contributed by atoms with Crippen LogP contribution in [-0.2, 0) is 6.18 Å². The number of nitrogens with zero attached hydrogens (tertiary/aromatic N) is 1. The van der Waals surface area contributed by atoms with Crippen LogP contribution in [0.5, 0.6) is 0 Å². The highest BCUT2D eigenvalue weighted by Gasteiger charge is 2.36. The van der Waals surface area contributed by atoms with Crippen LogP contribution < -0.4 is 0 Å². The van der Waals surface area contributed by atoms with Gasteiger partial charge < -0.3 is 0 Å². The Hall–Kier alpha value is -1.91. The molecule has 0 fully saturated rings. The van der Waals surface area contributed by atoms with Crippen LogP contribution in [0.25, 0.3) is 10.8 Å². The number of benzene rings is 2. The van der Waals surface area contributed by atoms with E-state index in [1.807, 2.05) is 0 Å². The van der Waals surface area contributed by atoms with Crippen molar-refractivity contribution in [2.45, 2.75) is 6.18 Å². The van der Waals surface area contributed by atoms with E-state index in [4.69, 9.17) is 0 Å². The van der Waals surface area contributed by atoms with E-state index in [1.165, 1.54) is 18.2 Å². The van der Waals surface area contributed by atoms with Gasteiger partial charge in [-0.15, -0.1) is 4.91 Å². The third-order valence-corrected chi connectivity index (χ3v) is 2.29. The fourth-order valence-electron chi connectivity index (χ4n) is 1.63. The Kier molecular flexibility index (Phi) is 2.38. The quantitative estimate of drug-likeness (QED) is 0.667. The lowest BCUT2D eigenvalue weighted by molar-refractivity contribution is -0.135. The minimum atomic E-state index is -4.58. The Balaban J connectivity index is 2.89. The molecule has 0 bridgehead atoms. The van der Waals surface area contributed by atoms with Gasteiger partial charge in [0.05, 0.1) is 5.56 Å². The molecule has 0 aliphatic heterocycles. The largest absolute Gasteiger partial charge is 0.419 e. The summed E-state index contributed by atoms with van der Waals surface area (Å²) in [6.07, 6.45) is -4.58. The molecule has 0 radical (unpaired) electrons. The summed E-state index contributed by atoms with van der Waals surface area (Å²) in [6, 6.07) is 8.54. The smallest absolute Gasteiger partial charge is 0.166 e. The van der Waals surface area contributed by atoms with Crippen LogP contribution in [0.1, 0.15) is 5.56 Å². The van der Waals surface area contributed by atoms with E-state index >= 15 is 0 Å². The lowest BCUT2D eigenvalue weighted by atomic mass is 10.0. The molecule has 2 rings (SSSR count). The number of halogens is 3. The van der Waals surface area contributed by atoms with Crippen molar-refractivity contribution in [2.75, 3.05) is 0 Å². The number of hydrogen-bond donors (Lipinski definition) is 0. The van der Waals surface area contributed by atoms with Crippen molar-refractivity contribution < 1.29 is 13.2 Å². The molecule has 2 aromatic rings. The van der Waals surface area contributed by atoms with Gasteiger partial charge in [-0.2, -0.15) is 13.2 Å². The minimum Gasteiger partial charge on any atom is -0.166 e. The molecule has 0 saturated carbocycles. The maximum absolute atomic E-state index is 12.8.